The van der Waals surface area contributed by atoms with Crippen molar-refractivity contribution in [2.45, 2.75) is 5.88 Å². The van der Waals surface area contributed by atoms with Gasteiger partial charge >= 0.3 is 0 Å². The first-order valence-corrected chi connectivity index (χ1v) is 5.37. The summed E-state index contributed by atoms with van der Waals surface area (Å²) in [6, 6.07) is 5.02. The number of halogens is 1. The Hall–Kier alpha value is -1.06. The first-order valence-electron chi connectivity index (χ1n) is 4.02. The van der Waals surface area contributed by atoms with Crippen LogP contribution in [0, 0.1) is 0 Å². The van der Waals surface area contributed by atoms with E-state index in [1.165, 1.54) is 11.3 Å². The second-order valence-corrected chi connectivity index (χ2v) is 4.23. The van der Waals surface area contributed by atoms with Crippen molar-refractivity contribution in [2.24, 2.45) is 0 Å². The highest BCUT2D eigenvalue weighted by molar-refractivity contribution is 7.20. The molecule has 0 radical (unpaired) electrons. The molecule has 0 aliphatic carbocycles. The molecular weight excluding hydrogens is 220 g/mol. The molecule has 0 saturated carbocycles. The molecule has 0 unspecified atom stereocenters. The summed E-state index contributed by atoms with van der Waals surface area (Å²) in [5.41, 5.74) is 0.849. The van der Waals surface area contributed by atoms with E-state index in [0.717, 1.165) is 21.9 Å². The van der Waals surface area contributed by atoms with Crippen LogP contribution in [0.15, 0.2) is 18.2 Å². The van der Waals surface area contributed by atoms with Gasteiger partial charge in [0.2, 0.25) is 0 Å². The van der Waals surface area contributed by atoms with Gasteiger partial charge in [-0.2, -0.15) is 0 Å². The molecule has 1 N–H and O–H groups in total. The number of alkyl halides is 1. The van der Waals surface area contributed by atoms with Crippen LogP contribution in [0.3, 0.4) is 0 Å². The van der Waals surface area contributed by atoms with E-state index in [4.69, 9.17) is 11.6 Å². The number of thiophene rings is 1. The maximum atomic E-state index is 10.7. The lowest BCUT2D eigenvalue weighted by atomic mass is 10.1. The van der Waals surface area contributed by atoms with E-state index in [-0.39, 0.29) is 5.75 Å². The van der Waals surface area contributed by atoms with E-state index >= 15 is 0 Å². The van der Waals surface area contributed by atoms with E-state index in [2.05, 4.69) is 0 Å². The van der Waals surface area contributed by atoms with Gasteiger partial charge in [0.1, 0.15) is 5.75 Å². The zero-order chi connectivity index (χ0) is 10.1. The Balaban J connectivity index is 2.79. The molecule has 0 spiro atoms. The third-order valence-corrected chi connectivity index (χ3v) is 3.44. The zero-order valence-corrected chi connectivity index (χ0v) is 8.73. The van der Waals surface area contributed by atoms with Gasteiger partial charge in [0, 0.05) is 10.6 Å². The van der Waals surface area contributed by atoms with Crippen molar-refractivity contribution in [3.05, 3.63) is 28.6 Å². The molecule has 0 amide bonds. The molecule has 1 aromatic heterocycles. The molecule has 0 saturated heterocycles. The minimum Gasteiger partial charge on any atom is -0.508 e. The predicted molar refractivity (Wildman–Crippen MR) is 58.4 cm³/mol. The van der Waals surface area contributed by atoms with Crippen LogP contribution in [0.5, 0.6) is 5.75 Å². The van der Waals surface area contributed by atoms with E-state index in [0.29, 0.717) is 10.8 Å². The molecule has 0 fully saturated rings. The van der Waals surface area contributed by atoms with E-state index in [9.17, 15) is 9.90 Å². The number of aromatic hydroxyl groups is 1. The fourth-order valence-corrected chi connectivity index (χ4v) is 2.83. The van der Waals surface area contributed by atoms with Crippen LogP contribution < -0.4 is 0 Å². The lowest BCUT2D eigenvalue weighted by Gasteiger charge is -1.94. The summed E-state index contributed by atoms with van der Waals surface area (Å²) < 4.78 is 0.891. The molecule has 14 heavy (non-hydrogen) atoms. The molecule has 4 heteroatoms. The number of fused-ring (bicyclic) bond motifs is 1. The number of aldehydes is 1. The Kier molecular flexibility index (Phi) is 2.44. The zero-order valence-electron chi connectivity index (χ0n) is 7.16. The maximum Gasteiger partial charge on any atom is 0.160 e. The van der Waals surface area contributed by atoms with Gasteiger partial charge in [-0.25, -0.2) is 0 Å². The molecule has 1 heterocycles. The Morgan fingerprint density at radius 1 is 1.50 bits per heavy atom. The summed E-state index contributed by atoms with van der Waals surface area (Å²) in [5, 5.41) is 10.2. The fraction of sp³-hybridized carbons (Fsp3) is 0.100. The van der Waals surface area contributed by atoms with Gasteiger partial charge in [-0.15, -0.1) is 22.9 Å². The summed E-state index contributed by atoms with van der Waals surface area (Å²) >= 11 is 7.11. The number of carbonyl (C=O) groups excluding carboxylic acids is 1. The third-order valence-electron chi connectivity index (χ3n) is 2.05. The number of carbonyl (C=O) groups is 1. The molecular formula is C10H7ClO2S. The first-order chi connectivity index (χ1) is 6.76. The lowest BCUT2D eigenvalue weighted by Crippen LogP contribution is -1.80. The number of hydrogen-bond donors (Lipinski definition) is 1. The highest BCUT2D eigenvalue weighted by Gasteiger charge is 2.10. The molecule has 72 valence electrons. The van der Waals surface area contributed by atoms with Crippen LogP contribution in [0.25, 0.3) is 10.1 Å². The SMILES string of the molecule is O=Cc1sc2cc(O)ccc2c1CCl. The van der Waals surface area contributed by atoms with Crippen LogP contribution in [0.4, 0.5) is 0 Å². The summed E-state index contributed by atoms with van der Waals surface area (Å²) in [5.74, 6) is 0.524. The van der Waals surface area contributed by atoms with Crippen LogP contribution in [-0.2, 0) is 5.88 Å². The van der Waals surface area contributed by atoms with Gasteiger partial charge in [-0.3, -0.25) is 4.79 Å². The minimum absolute atomic E-state index is 0.206. The van der Waals surface area contributed by atoms with Gasteiger partial charge < -0.3 is 5.11 Å². The van der Waals surface area contributed by atoms with Gasteiger partial charge in [-0.1, -0.05) is 0 Å². The average Bonchev–Trinajstić information content (AvgIpc) is 2.54. The highest BCUT2D eigenvalue weighted by atomic mass is 35.5. The van der Waals surface area contributed by atoms with Crippen LogP contribution in [0.2, 0.25) is 0 Å². The topological polar surface area (TPSA) is 37.3 Å². The van der Waals surface area contributed by atoms with Crippen molar-refractivity contribution in [3.8, 4) is 5.75 Å². The molecule has 0 aliphatic heterocycles. The Morgan fingerprint density at radius 2 is 2.29 bits per heavy atom. The van der Waals surface area contributed by atoms with E-state index in [1.54, 1.807) is 18.2 Å². The second-order valence-electron chi connectivity index (χ2n) is 2.88. The van der Waals surface area contributed by atoms with E-state index < -0.39 is 0 Å². The summed E-state index contributed by atoms with van der Waals surface area (Å²) in [4.78, 5) is 11.4. The van der Waals surface area contributed by atoms with Gasteiger partial charge in [0.05, 0.1) is 4.88 Å². The maximum absolute atomic E-state index is 10.7. The Labute approximate surface area is 89.7 Å². The standard InChI is InChI=1S/C10H7ClO2S/c11-4-8-7-2-1-6(13)3-9(7)14-10(8)5-12/h1-3,5,13H,4H2. The van der Waals surface area contributed by atoms with Gasteiger partial charge in [0.15, 0.2) is 6.29 Å². The predicted octanol–water partition coefficient (Wildman–Crippen LogP) is 3.16. The van der Waals surface area contributed by atoms with Crippen LogP contribution >= 0.6 is 22.9 Å². The summed E-state index contributed by atoms with van der Waals surface area (Å²) in [6.45, 7) is 0. The van der Waals surface area contributed by atoms with Gasteiger partial charge in [-0.05, 0) is 29.1 Å². The number of rotatable bonds is 2. The highest BCUT2D eigenvalue weighted by Crippen LogP contribution is 2.33. The van der Waals surface area contributed by atoms with Crippen LogP contribution in [-0.4, -0.2) is 11.4 Å². The lowest BCUT2D eigenvalue weighted by molar-refractivity contribution is 0.112. The van der Waals surface area contributed by atoms with Gasteiger partial charge in [0.25, 0.3) is 0 Å². The normalized spacial score (nSPS) is 10.6. The molecule has 2 aromatic rings. The van der Waals surface area contributed by atoms with Crippen molar-refractivity contribution in [1.82, 2.24) is 0 Å². The van der Waals surface area contributed by atoms with Crippen molar-refractivity contribution < 1.29 is 9.90 Å². The third kappa shape index (κ3) is 1.38. The largest absolute Gasteiger partial charge is 0.508 e. The number of phenols is 1. The van der Waals surface area contributed by atoms with Crippen molar-refractivity contribution in [2.75, 3.05) is 0 Å². The second kappa shape index (κ2) is 3.59. The quantitative estimate of drug-likeness (QED) is 0.631. The first kappa shape index (κ1) is 9.49. The Morgan fingerprint density at radius 3 is 2.93 bits per heavy atom. The fourth-order valence-electron chi connectivity index (χ4n) is 1.39. The van der Waals surface area contributed by atoms with Crippen LogP contribution in [0.1, 0.15) is 15.2 Å². The summed E-state index contributed by atoms with van der Waals surface area (Å²) in [6.07, 6.45) is 0.805. The molecule has 0 atom stereocenters. The summed E-state index contributed by atoms with van der Waals surface area (Å²) in [7, 11) is 0. The molecule has 1 aromatic carbocycles. The monoisotopic (exact) mass is 226 g/mol. The van der Waals surface area contributed by atoms with Crippen molar-refractivity contribution in [1.29, 1.82) is 0 Å². The number of hydrogen-bond acceptors (Lipinski definition) is 3. The molecule has 2 rings (SSSR count). The molecule has 0 aliphatic rings. The minimum atomic E-state index is 0.206. The van der Waals surface area contributed by atoms with E-state index in [1.807, 2.05) is 0 Å². The number of phenolic OH excluding ortho intramolecular Hbond substituents is 1. The smallest absolute Gasteiger partial charge is 0.160 e. The average molecular weight is 227 g/mol. The van der Waals surface area contributed by atoms with Crippen molar-refractivity contribution >= 4 is 39.3 Å². The van der Waals surface area contributed by atoms with Crippen molar-refractivity contribution in [3.63, 3.8) is 0 Å². The number of benzene rings is 1. The molecule has 2 nitrogen and oxygen atoms in total. The molecule has 0 bridgehead atoms. The Bertz CT molecular complexity index is 490.